The number of benzene rings is 6. The quantitative estimate of drug-likeness (QED) is 0.204. The molecule has 0 N–H and O–H groups in total. The van der Waals surface area contributed by atoms with E-state index in [1.165, 1.54) is 47.4 Å². The van der Waals surface area contributed by atoms with E-state index in [0.29, 0.717) is 0 Å². The fourth-order valence-electron chi connectivity index (χ4n) is 6.99. The highest BCUT2D eigenvalue weighted by molar-refractivity contribution is 7.26. The third kappa shape index (κ3) is 3.67. The Hall–Kier alpha value is -5.71. The summed E-state index contributed by atoms with van der Waals surface area (Å²) < 4.78 is 11.4. The summed E-state index contributed by atoms with van der Waals surface area (Å²) in [5.41, 5.74) is 9.24. The SMILES string of the molecule is c1ccc(-c2cc(-n3c4ccccc4c4ccccc43)cc(-c3ccc4oc5ccc6sc7ccccc7c6c5c4c3)n2)cc1. The summed E-state index contributed by atoms with van der Waals surface area (Å²) in [4.78, 5) is 5.28. The van der Waals surface area contributed by atoms with Gasteiger partial charge in [0.1, 0.15) is 11.2 Å². The number of para-hydroxylation sites is 2. The fraction of sp³-hybridized carbons (Fsp3) is 0. The lowest BCUT2D eigenvalue weighted by Crippen LogP contribution is -1.98. The number of aromatic nitrogens is 2. The molecule has 4 heteroatoms. The van der Waals surface area contributed by atoms with Gasteiger partial charge in [-0.05, 0) is 60.7 Å². The minimum absolute atomic E-state index is 0.887. The first-order chi connectivity index (χ1) is 22.3. The Morgan fingerprint density at radius 1 is 0.467 bits per heavy atom. The summed E-state index contributed by atoms with van der Waals surface area (Å²) >= 11 is 1.83. The van der Waals surface area contributed by atoms with E-state index < -0.39 is 0 Å². The Morgan fingerprint density at radius 2 is 1.11 bits per heavy atom. The second kappa shape index (κ2) is 9.39. The van der Waals surface area contributed by atoms with Crippen LogP contribution in [0.4, 0.5) is 0 Å². The molecule has 0 bridgehead atoms. The average Bonchev–Trinajstić information content (AvgIpc) is 3.77. The zero-order chi connectivity index (χ0) is 29.5. The Balaban J connectivity index is 1.27. The number of hydrogen-bond donors (Lipinski definition) is 0. The Morgan fingerprint density at radius 3 is 1.89 bits per heavy atom. The van der Waals surface area contributed by atoms with Crippen LogP contribution < -0.4 is 0 Å². The molecular formula is C41H24N2OS. The van der Waals surface area contributed by atoms with Gasteiger partial charge in [0.25, 0.3) is 0 Å². The van der Waals surface area contributed by atoms with E-state index in [2.05, 4.69) is 144 Å². The molecular weight excluding hydrogens is 569 g/mol. The highest BCUT2D eigenvalue weighted by Gasteiger charge is 2.18. The smallest absolute Gasteiger partial charge is 0.136 e. The second-order valence-corrected chi connectivity index (χ2v) is 12.6. The van der Waals surface area contributed by atoms with Crippen LogP contribution in [0.5, 0.6) is 0 Å². The number of pyridine rings is 1. The Kier molecular flexibility index (Phi) is 5.16. The maximum atomic E-state index is 6.42. The maximum Gasteiger partial charge on any atom is 0.136 e. The average molecular weight is 593 g/mol. The molecule has 0 atom stereocenters. The largest absolute Gasteiger partial charge is 0.456 e. The van der Waals surface area contributed by atoms with E-state index in [0.717, 1.165) is 44.8 Å². The monoisotopic (exact) mass is 592 g/mol. The fourth-order valence-corrected chi connectivity index (χ4v) is 8.11. The van der Waals surface area contributed by atoms with Crippen molar-refractivity contribution in [2.45, 2.75) is 0 Å². The van der Waals surface area contributed by atoms with Gasteiger partial charge in [0.2, 0.25) is 0 Å². The molecule has 0 spiro atoms. The number of furan rings is 1. The molecule has 0 fully saturated rings. The van der Waals surface area contributed by atoms with Gasteiger partial charge in [0.05, 0.1) is 28.1 Å². The summed E-state index contributed by atoms with van der Waals surface area (Å²) in [5.74, 6) is 0. The number of nitrogens with zero attached hydrogens (tertiary/aromatic N) is 2. The molecule has 210 valence electrons. The van der Waals surface area contributed by atoms with Gasteiger partial charge in [-0.1, -0.05) is 84.9 Å². The minimum atomic E-state index is 0.887. The van der Waals surface area contributed by atoms with Gasteiger partial charge in [-0.3, -0.25) is 0 Å². The van der Waals surface area contributed by atoms with E-state index >= 15 is 0 Å². The Labute approximate surface area is 262 Å². The minimum Gasteiger partial charge on any atom is -0.456 e. The van der Waals surface area contributed by atoms with E-state index in [4.69, 9.17) is 9.40 Å². The molecule has 0 amide bonds. The van der Waals surface area contributed by atoms with Crippen LogP contribution in [0.1, 0.15) is 0 Å². The van der Waals surface area contributed by atoms with E-state index in [9.17, 15) is 0 Å². The Bertz CT molecular complexity index is 2710. The lowest BCUT2D eigenvalue weighted by atomic mass is 10.0. The molecule has 0 aliphatic heterocycles. The van der Waals surface area contributed by atoms with Gasteiger partial charge in [-0.15, -0.1) is 11.3 Å². The predicted octanol–water partition coefficient (Wildman–Crippen LogP) is 11.8. The molecule has 0 saturated carbocycles. The van der Waals surface area contributed by atoms with Crippen LogP contribution in [0.3, 0.4) is 0 Å². The highest BCUT2D eigenvalue weighted by Crippen LogP contribution is 2.43. The first-order valence-electron chi connectivity index (χ1n) is 15.1. The lowest BCUT2D eigenvalue weighted by molar-refractivity contribution is 0.669. The van der Waals surface area contributed by atoms with Crippen LogP contribution in [0.15, 0.2) is 150 Å². The van der Waals surface area contributed by atoms with Crippen LogP contribution in [-0.4, -0.2) is 9.55 Å². The van der Waals surface area contributed by atoms with Crippen LogP contribution in [-0.2, 0) is 0 Å². The normalized spacial score (nSPS) is 12.0. The first-order valence-corrected chi connectivity index (χ1v) is 15.9. The standard InChI is InChI=1S/C41H24N2OS/c1-2-10-25(11-3-1)32-23-27(43-34-15-7-4-12-28(34)29-13-5-8-16-35(29)43)24-33(42-32)26-18-19-36-31(22-26)40-37(44-36)20-21-39-41(40)30-14-6-9-17-38(30)45-39/h1-24H. The molecule has 0 radical (unpaired) electrons. The predicted molar refractivity (Wildman–Crippen MR) is 190 cm³/mol. The van der Waals surface area contributed by atoms with Crippen LogP contribution in [0.25, 0.3) is 92.1 Å². The van der Waals surface area contributed by atoms with Crippen molar-refractivity contribution < 1.29 is 4.42 Å². The highest BCUT2D eigenvalue weighted by atomic mass is 32.1. The summed E-state index contributed by atoms with van der Waals surface area (Å²) in [7, 11) is 0. The molecule has 6 aromatic carbocycles. The molecule has 0 aliphatic carbocycles. The summed E-state index contributed by atoms with van der Waals surface area (Å²) in [5, 5.41) is 7.30. The zero-order valence-corrected chi connectivity index (χ0v) is 24.9. The van der Waals surface area contributed by atoms with Crippen molar-refractivity contribution in [3.05, 3.63) is 146 Å². The van der Waals surface area contributed by atoms with Crippen molar-refractivity contribution in [3.63, 3.8) is 0 Å². The third-order valence-corrected chi connectivity index (χ3v) is 10.1. The van der Waals surface area contributed by atoms with Crippen molar-refractivity contribution >= 4 is 75.3 Å². The molecule has 0 aliphatic rings. The molecule has 45 heavy (non-hydrogen) atoms. The molecule has 10 rings (SSSR count). The van der Waals surface area contributed by atoms with E-state index in [-0.39, 0.29) is 0 Å². The first kappa shape index (κ1) is 24.7. The summed E-state index contributed by atoms with van der Waals surface area (Å²) in [6.07, 6.45) is 0. The van der Waals surface area contributed by atoms with Crippen molar-refractivity contribution in [2.24, 2.45) is 0 Å². The second-order valence-electron chi connectivity index (χ2n) is 11.6. The maximum absolute atomic E-state index is 6.42. The molecule has 10 aromatic rings. The van der Waals surface area contributed by atoms with Crippen LogP contribution >= 0.6 is 11.3 Å². The number of fused-ring (bicyclic) bond motifs is 10. The number of rotatable bonds is 3. The molecule has 0 saturated heterocycles. The summed E-state index contributed by atoms with van der Waals surface area (Å²) in [6, 6.07) is 51.7. The van der Waals surface area contributed by atoms with Gasteiger partial charge in [0, 0.05) is 52.8 Å². The topological polar surface area (TPSA) is 31.0 Å². The van der Waals surface area contributed by atoms with Gasteiger partial charge in [0.15, 0.2) is 0 Å². The molecule has 3 nitrogen and oxygen atoms in total. The van der Waals surface area contributed by atoms with Gasteiger partial charge in [-0.25, -0.2) is 4.98 Å². The number of hydrogen-bond acceptors (Lipinski definition) is 3. The van der Waals surface area contributed by atoms with E-state index in [1.54, 1.807) is 0 Å². The van der Waals surface area contributed by atoms with Crippen molar-refractivity contribution in [1.82, 2.24) is 9.55 Å². The van der Waals surface area contributed by atoms with Crippen molar-refractivity contribution in [2.75, 3.05) is 0 Å². The molecule has 4 heterocycles. The summed E-state index contributed by atoms with van der Waals surface area (Å²) in [6.45, 7) is 0. The van der Waals surface area contributed by atoms with E-state index in [1.807, 2.05) is 17.4 Å². The van der Waals surface area contributed by atoms with Crippen molar-refractivity contribution in [3.8, 4) is 28.2 Å². The number of thiophene rings is 1. The van der Waals surface area contributed by atoms with Gasteiger partial charge in [-0.2, -0.15) is 0 Å². The molecule has 0 unspecified atom stereocenters. The zero-order valence-electron chi connectivity index (χ0n) is 24.1. The van der Waals surface area contributed by atoms with Gasteiger partial charge >= 0.3 is 0 Å². The lowest BCUT2D eigenvalue weighted by Gasteiger charge is -2.13. The van der Waals surface area contributed by atoms with Crippen LogP contribution in [0.2, 0.25) is 0 Å². The third-order valence-electron chi connectivity index (χ3n) is 8.99. The van der Waals surface area contributed by atoms with Crippen LogP contribution in [0, 0.1) is 0 Å². The van der Waals surface area contributed by atoms with Gasteiger partial charge < -0.3 is 8.98 Å². The molecule has 4 aromatic heterocycles. The van der Waals surface area contributed by atoms with Crippen molar-refractivity contribution in [1.29, 1.82) is 0 Å².